The number of hydrogen-bond acceptors (Lipinski definition) is 5. The van der Waals surface area contributed by atoms with Crippen molar-refractivity contribution >= 4 is 5.69 Å². The number of rotatable bonds is 5. The summed E-state index contributed by atoms with van der Waals surface area (Å²) >= 11 is 0. The van der Waals surface area contributed by atoms with Gasteiger partial charge in [0.05, 0.1) is 10.5 Å². The summed E-state index contributed by atoms with van der Waals surface area (Å²) in [5, 5.41) is 23.2. The highest BCUT2D eigenvalue weighted by Gasteiger charge is 2.46. The summed E-state index contributed by atoms with van der Waals surface area (Å²) in [6.45, 7) is 0.379. The van der Waals surface area contributed by atoms with E-state index in [1.54, 1.807) is 0 Å². The van der Waals surface area contributed by atoms with Crippen LogP contribution in [-0.4, -0.2) is 53.6 Å². The van der Waals surface area contributed by atoms with E-state index in [4.69, 9.17) is 5.11 Å². The molecule has 6 nitrogen and oxygen atoms in total. The number of benzene rings is 1. The number of aliphatic hydroxyl groups excluding tert-OH is 1. The third kappa shape index (κ3) is 3.34. The van der Waals surface area contributed by atoms with E-state index < -0.39 is 23.5 Å². The van der Waals surface area contributed by atoms with Crippen LogP contribution in [0, 0.1) is 10.1 Å². The minimum absolute atomic E-state index is 0.0662. The first kappa shape index (κ1) is 15.7. The van der Waals surface area contributed by atoms with Crippen molar-refractivity contribution in [1.82, 2.24) is 10.2 Å². The van der Waals surface area contributed by atoms with Gasteiger partial charge in [-0.2, -0.15) is 0 Å². The van der Waals surface area contributed by atoms with Crippen molar-refractivity contribution in [3.05, 3.63) is 39.9 Å². The average Bonchev–Trinajstić information content (AvgIpc) is 2.48. The first-order chi connectivity index (χ1) is 9.97. The quantitative estimate of drug-likeness (QED) is 0.630. The third-order valence-corrected chi connectivity index (χ3v) is 3.56. The van der Waals surface area contributed by atoms with Gasteiger partial charge in [-0.1, -0.05) is 18.2 Å². The van der Waals surface area contributed by atoms with Gasteiger partial charge in [0.15, 0.2) is 0 Å². The zero-order valence-electron chi connectivity index (χ0n) is 11.3. The minimum Gasteiger partial charge on any atom is -0.390 e. The van der Waals surface area contributed by atoms with Crippen LogP contribution in [0.25, 0.3) is 0 Å². The van der Waals surface area contributed by atoms with Gasteiger partial charge in [-0.05, 0) is 0 Å². The molecule has 1 saturated heterocycles. The molecule has 0 radical (unpaired) electrons. The molecule has 1 heterocycles. The zero-order chi connectivity index (χ0) is 15.5. The molecule has 0 aromatic heterocycles. The number of alkyl halides is 2. The number of para-hydroxylation sites is 1. The van der Waals surface area contributed by atoms with E-state index in [1.807, 2.05) is 0 Å². The summed E-state index contributed by atoms with van der Waals surface area (Å²) in [6.07, 6.45) is 0. The highest BCUT2D eigenvalue weighted by molar-refractivity contribution is 5.43. The molecule has 1 aliphatic rings. The number of nitrogens with one attached hydrogen (secondary N) is 1. The fourth-order valence-electron chi connectivity index (χ4n) is 2.60. The van der Waals surface area contributed by atoms with Crippen molar-refractivity contribution < 1.29 is 18.8 Å². The van der Waals surface area contributed by atoms with Crippen molar-refractivity contribution in [2.24, 2.45) is 0 Å². The van der Waals surface area contributed by atoms with Crippen molar-refractivity contribution in [2.75, 3.05) is 32.8 Å². The van der Waals surface area contributed by atoms with E-state index in [2.05, 4.69) is 5.32 Å². The second-order valence-corrected chi connectivity index (χ2v) is 4.92. The first-order valence-electron chi connectivity index (χ1n) is 6.64. The molecule has 0 spiro atoms. The van der Waals surface area contributed by atoms with E-state index in [1.165, 1.54) is 29.2 Å². The standard InChI is InChI=1S/C13H17F2N3O3/c14-13(15,9-19)12(17-7-5-16-6-8-17)10-3-1-2-4-11(10)18(20)21/h1-4,12,16,19H,5-9H2/t12-/m0/s1. The molecule has 0 unspecified atom stereocenters. The van der Waals surface area contributed by atoms with Crippen molar-refractivity contribution in [3.8, 4) is 0 Å². The third-order valence-electron chi connectivity index (χ3n) is 3.56. The number of aliphatic hydroxyl groups is 1. The lowest BCUT2D eigenvalue weighted by molar-refractivity contribution is -0.386. The number of nitrogens with zero attached hydrogens (tertiary/aromatic N) is 2. The smallest absolute Gasteiger partial charge is 0.290 e. The fraction of sp³-hybridized carbons (Fsp3) is 0.538. The van der Waals surface area contributed by atoms with Crippen LogP contribution >= 0.6 is 0 Å². The van der Waals surface area contributed by atoms with E-state index in [0.717, 1.165) is 0 Å². The monoisotopic (exact) mass is 301 g/mol. The van der Waals surface area contributed by atoms with Gasteiger partial charge in [-0.15, -0.1) is 0 Å². The van der Waals surface area contributed by atoms with Crippen molar-refractivity contribution in [3.63, 3.8) is 0 Å². The Hall–Kier alpha value is -1.64. The Labute approximate surface area is 120 Å². The Balaban J connectivity index is 2.47. The molecule has 1 aliphatic heterocycles. The number of piperazine rings is 1. The molecule has 0 bridgehead atoms. The molecule has 21 heavy (non-hydrogen) atoms. The second-order valence-electron chi connectivity index (χ2n) is 4.92. The SMILES string of the molecule is O=[N+]([O-])c1ccccc1[C@H](N1CCNCC1)C(F)(F)CO. The largest absolute Gasteiger partial charge is 0.390 e. The Morgan fingerprint density at radius 1 is 1.38 bits per heavy atom. The predicted molar refractivity (Wildman–Crippen MR) is 72.3 cm³/mol. The van der Waals surface area contributed by atoms with Crippen LogP contribution in [0.15, 0.2) is 24.3 Å². The van der Waals surface area contributed by atoms with Crippen LogP contribution in [0.3, 0.4) is 0 Å². The maximum atomic E-state index is 14.2. The molecule has 1 aromatic rings. The number of halogens is 2. The highest BCUT2D eigenvalue weighted by Crippen LogP contribution is 2.40. The first-order valence-corrected chi connectivity index (χ1v) is 6.64. The molecule has 0 amide bonds. The zero-order valence-corrected chi connectivity index (χ0v) is 11.3. The predicted octanol–water partition coefficient (Wildman–Crippen LogP) is 1.17. The lowest BCUT2D eigenvalue weighted by Gasteiger charge is -2.38. The summed E-state index contributed by atoms with van der Waals surface area (Å²) in [4.78, 5) is 11.9. The molecular formula is C13H17F2N3O3. The Kier molecular flexibility index (Phi) is 4.81. The van der Waals surface area contributed by atoms with Gasteiger partial charge in [0.2, 0.25) is 0 Å². The van der Waals surface area contributed by atoms with Gasteiger partial charge in [-0.25, -0.2) is 8.78 Å². The van der Waals surface area contributed by atoms with Gasteiger partial charge < -0.3 is 10.4 Å². The summed E-state index contributed by atoms with van der Waals surface area (Å²) in [5.74, 6) is -3.45. The van der Waals surface area contributed by atoms with E-state index in [0.29, 0.717) is 26.2 Å². The van der Waals surface area contributed by atoms with Gasteiger partial charge in [0.1, 0.15) is 12.6 Å². The number of hydrogen-bond donors (Lipinski definition) is 2. The fourth-order valence-corrected chi connectivity index (χ4v) is 2.60. The molecule has 0 aliphatic carbocycles. The average molecular weight is 301 g/mol. The molecule has 1 fully saturated rings. The summed E-state index contributed by atoms with van der Waals surface area (Å²) in [6, 6.07) is 3.96. The molecule has 8 heteroatoms. The molecule has 1 atom stereocenters. The van der Waals surface area contributed by atoms with Crippen LogP contribution in [0.1, 0.15) is 11.6 Å². The lowest BCUT2D eigenvalue weighted by atomic mass is 9.96. The Bertz CT molecular complexity index is 507. The van der Waals surface area contributed by atoms with Crippen LogP contribution in [0.5, 0.6) is 0 Å². The van der Waals surface area contributed by atoms with Crippen LogP contribution in [-0.2, 0) is 0 Å². The van der Waals surface area contributed by atoms with Gasteiger partial charge in [-0.3, -0.25) is 15.0 Å². The molecule has 1 aromatic carbocycles. The Morgan fingerprint density at radius 3 is 2.57 bits per heavy atom. The normalized spacial score (nSPS) is 18.4. The lowest BCUT2D eigenvalue weighted by Crippen LogP contribution is -2.51. The van der Waals surface area contributed by atoms with Crippen molar-refractivity contribution in [2.45, 2.75) is 12.0 Å². The minimum atomic E-state index is -3.45. The van der Waals surface area contributed by atoms with Crippen LogP contribution in [0.4, 0.5) is 14.5 Å². The second kappa shape index (κ2) is 6.42. The number of nitro groups is 1. The topological polar surface area (TPSA) is 78.6 Å². The van der Waals surface area contributed by atoms with Crippen molar-refractivity contribution in [1.29, 1.82) is 0 Å². The molecule has 116 valence electrons. The van der Waals surface area contributed by atoms with Gasteiger partial charge >= 0.3 is 0 Å². The Morgan fingerprint density at radius 2 is 2.00 bits per heavy atom. The highest BCUT2D eigenvalue weighted by atomic mass is 19.3. The number of nitro benzene ring substituents is 1. The summed E-state index contributed by atoms with van der Waals surface area (Å²) < 4.78 is 28.4. The maximum absolute atomic E-state index is 14.2. The molecular weight excluding hydrogens is 284 g/mol. The van der Waals surface area contributed by atoms with Gasteiger partial charge in [0, 0.05) is 32.2 Å². The van der Waals surface area contributed by atoms with E-state index in [-0.39, 0.29) is 11.3 Å². The molecule has 0 saturated carbocycles. The summed E-state index contributed by atoms with van der Waals surface area (Å²) in [7, 11) is 0. The molecule has 2 rings (SSSR count). The van der Waals surface area contributed by atoms with E-state index >= 15 is 0 Å². The van der Waals surface area contributed by atoms with Crippen LogP contribution in [0.2, 0.25) is 0 Å². The molecule has 2 N–H and O–H groups in total. The van der Waals surface area contributed by atoms with Crippen LogP contribution < -0.4 is 5.32 Å². The summed E-state index contributed by atoms with van der Waals surface area (Å²) in [5.41, 5.74) is -0.419. The van der Waals surface area contributed by atoms with Gasteiger partial charge in [0.25, 0.3) is 11.6 Å². The maximum Gasteiger partial charge on any atom is 0.290 e. The van der Waals surface area contributed by atoms with E-state index in [9.17, 15) is 18.9 Å².